The van der Waals surface area contributed by atoms with Crippen molar-refractivity contribution in [1.82, 2.24) is 0 Å². The van der Waals surface area contributed by atoms with Gasteiger partial charge in [-0.05, 0) is 36.6 Å². The minimum Gasteiger partial charge on any atom is -0.389 e. The van der Waals surface area contributed by atoms with Crippen LogP contribution in [0, 0.1) is 5.82 Å². The number of benzene rings is 1. The molecule has 2 aromatic rings. The van der Waals surface area contributed by atoms with Gasteiger partial charge in [-0.15, -0.1) is 11.3 Å². The highest BCUT2D eigenvalue weighted by Crippen LogP contribution is 2.20. The summed E-state index contributed by atoms with van der Waals surface area (Å²) in [7, 11) is 0. The van der Waals surface area contributed by atoms with Crippen molar-refractivity contribution in [1.29, 1.82) is 0 Å². The molecule has 100 valence electrons. The first-order valence-electron chi connectivity index (χ1n) is 5.94. The summed E-state index contributed by atoms with van der Waals surface area (Å²) in [5.41, 5.74) is 6.95. The van der Waals surface area contributed by atoms with Crippen molar-refractivity contribution in [2.24, 2.45) is 5.73 Å². The molecular formula is C14H15FN2S2. The topological polar surface area (TPSA) is 38.0 Å². The lowest BCUT2D eigenvalue weighted by atomic mass is 10.1. The number of halogens is 1. The van der Waals surface area contributed by atoms with Crippen molar-refractivity contribution in [3.05, 3.63) is 52.0 Å². The normalized spacial score (nSPS) is 12.1. The van der Waals surface area contributed by atoms with Crippen molar-refractivity contribution in [3.8, 4) is 0 Å². The van der Waals surface area contributed by atoms with Gasteiger partial charge in [0, 0.05) is 28.6 Å². The first kappa shape index (κ1) is 14.0. The third-order valence-electron chi connectivity index (χ3n) is 2.74. The molecule has 1 aromatic heterocycles. The van der Waals surface area contributed by atoms with Crippen LogP contribution >= 0.6 is 23.6 Å². The van der Waals surface area contributed by atoms with Crippen LogP contribution in [0.25, 0.3) is 0 Å². The SMILES string of the molecule is CC(Cc1cccs1)Nc1ccc(F)cc1C(N)=S. The molecule has 2 rings (SSSR count). The number of nitrogens with two attached hydrogens (primary N) is 1. The Hall–Kier alpha value is -1.46. The molecule has 5 heteroatoms. The number of nitrogens with one attached hydrogen (secondary N) is 1. The summed E-state index contributed by atoms with van der Waals surface area (Å²) in [5.74, 6) is -0.334. The van der Waals surface area contributed by atoms with Gasteiger partial charge in [-0.3, -0.25) is 0 Å². The maximum absolute atomic E-state index is 13.2. The van der Waals surface area contributed by atoms with Crippen molar-refractivity contribution < 1.29 is 4.39 Å². The van der Waals surface area contributed by atoms with Gasteiger partial charge >= 0.3 is 0 Å². The van der Waals surface area contributed by atoms with Crippen LogP contribution in [-0.2, 0) is 6.42 Å². The zero-order valence-corrected chi connectivity index (χ0v) is 12.2. The molecule has 0 aliphatic carbocycles. The zero-order valence-electron chi connectivity index (χ0n) is 10.5. The second-order valence-corrected chi connectivity index (χ2v) is 5.86. The van der Waals surface area contributed by atoms with Crippen LogP contribution in [0.4, 0.5) is 10.1 Å². The predicted molar refractivity (Wildman–Crippen MR) is 83.4 cm³/mol. The van der Waals surface area contributed by atoms with E-state index < -0.39 is 0 Å². The molecule has 1 unspecified atom stereocenters. The number of rotatable bonds is 5. The molecule has 0 saturated heterocycles. The molecule has 19 heavy (non-hydrogen) atoms. The summed E-state index contributed by atoms with van der Waals surface area (Å²) in [6.45, 7) is 2.08. The Morgan fingerprint density at radius 2 is 2.26 bits per heavy atom. The second-order valence-electron chi connectivity index (χ2n) is 4.38. The van der Waals surface area contributed by atoms with Crippen LogP contribution in [0.15, 0.2) is 35.7 Å². The summed E-state index contributed by atoms with van der Waals surface area (Å²) in [5, 5.41) is 5.39. The highest BCUT2D eigenvalue weighted by atomic mass is 32.1. The fourth-order valence-corrected chi connectivity index (χ4v) is 2.90. The molecule has 1 aromatic carbocycles. The minimum absolute atomic E-state index is 0.199. The Bertz CT molecular complexity index is 567. The van der Waals surface area contributed by atoms with Gasteiger partial charge in [0.1, 0.15) is 10.8 Å². The molecule has 3 N–H and O–H groups in total. The first-order valence-corrected chi connectivity index (χ1v) is 7.23. The van der Waals surface area contributed by atoms with Gasteiger partial charge in [-0.25, -0.2) is 4.39 Å². The van der Waals surface area contributed by atoms with Gasteiger partial charge in [-0.2, -0.15) is 0 Å². The number of hydrogen-bond acceptors (Lipinski definition) is 3. The van der Waals surface area contributed by atoms with Crippen molar-refractivity contribution in [2.75, 3.05) is 5.32 Å². The molecule has 0 amide bonds. The molecule has 0 fully saturated rings. The highest BCUT2D eigenvalue weighted by Gasteiger charge is 2.10. The highest BCUT2D eigenvalue weighted by molar-refractivity contribution is 7.80. The maximum Gasteiger partial charge on any atom is 0.124 e. The standard InChI is InChI=1S/C14H15FN2S2/c1-9(7-11-3-2-6-19-11)17-13-5-4-10(15)8-12(13)14(16)18/h2-6,8-9,17H,7H2,1H3,(H2,16,18). The van der Waals surface area contributed by atoms with E-state index in [2.05, 4.69) is 23.7 Å². The number of thiophene rings is 1. The largest absolute Gasteiger partial charge is 0.389 e. The molecule has 0 aliphatic heterocycles. The first-order chi connectivity index (χ1) is 9.06. The Kier molecular flexibility index (Phi) is 4.50. The van der Waals surface area contributed by atoms with E-state index in [9.17, 15) is 4.39 Å². The fraction of sp³-hybridized carbons (Fsp3) is 0.214. The molecular weight excluding hydrogens is 279 g/mol. The summed E-state index contributed by atoms with van der Waals surface area (Å²) >= 11 is 6.68. The summed E-state index contributed by atoms with van der Waals surface area (Å²) < 4.78 is 13.2. The zero-order chi connectivity index (χ0) is 13.8. The monoisotopic (exact) mass is 294 g/mol. The quantitative estimate of drug-likeness (QED) is 0.828. The number of thiocarbonyl (C=S) groups is 1. The van der Waals surface area contributed by atoms with E-state index in [1.165, 1.54) is 17.0 Å². The van der Waals surface area contributed by atoms with E-state index in [4.69, 9.17) is 18.0 Å². The smallest absolute Gasteiger partial charge is 0.124 e. The van der Waals surface area contributed by atoms with Crippen LogP contribution < -0.4 is 11.1 Å². The summed E-state index contributed by atoms with van der Waals surface area (Å²) in [6, 6.07) is 8.80. The molecule has 0 bridgehead atoms. The lowest BCUT2D eigenvalue weighted by molar-refractivity contribution is 0.627. The van der Waals surface area contributed by atoms with Gasteiger partial charge in [0.15, 0.2) is 0 Å². The predicted octanol–water partition coefficient (Wildman–Crippen LogP) is 3.56. The summed E-state index contributed by atoms with van der Waals surface area (Å²) in [4.78, 5) is 1.50. The molecule has 1 heterocycles. The second kappa shape index (κ2) is 6.12. The Balaban J connectivity index is 2.12. The van der Waals surface area contributed by atoms with Crippen molar-refractivity contribution >= 4 is 34.2 Å². The van der Waals surface area contributed by atoms with E-state index in [1.807, 2.05) is 6.07 Å². The Labute approximate surface area is 121 Å². The Morgan fingerprint density at radius 1 is 1.47 bits per heavy atom. The van der Waals surface area contributed by atoms with Gasteiger partial charge < -0.3 is 11.1 Å². The van der Waals surface area contributed by atoms with E-state index in [1.54, 1.807) is 17.4 Å². The van der Waals surface area contributed by atoms with Crippen LogP contribution in [-0.4, -0.2) is 11.0 Å². The number of anilines is 1. The van der Waals surface area contributed by atoms with Gasteiger partial charge in [0.2, 0.25) is 0 Å². The van der Waals surface area contributed by atoms with E-state index in [-0.39, 0.29) is 16.8 Å². The molecule has 2 nitrogen and oxygen atoms in total. The maximum atomic E-state index is 13.2. The van der Waals surface area contributed by atoms with Crippen LogP contribution in [0.1, 0.15) is 17.4 Å². The van der Waals surface area contributed by atoms with E-state index >= 15 is 0 Å². The van der Waals surface area contributed by atoms with Crippen LogP contribution in [0.3, 0.4) is 0 Å². The van der Waals surface area contributed by atoms with Gasteiger partial charge in [-0.1, -0.05) is 18.3 Å². The van der Waals surface area contributed by atoms with Crippen LogP contribution in [0.2, 0.25) is 0 Å². The fourth-order valence-electron chi connectivity index (χ4n) is 1.89. The number of hydrogen-bond donors (Lipinski definition) is 2. The lowest BCUT2D eigenvalue weighted by Gasteiger charge is -2.17. The molecule has 1 atom stereocenters. The molecule has 0 radical (unpaired) electrons. The third-order valence-corrected chi connectivity index (χ3v) is 3.86. The minimum atomic E-state index is -0.334. The van der Waals surface area contributed by atoms with Crippen LogP contribution in [0.5, 0.6) is 0 Å². The van der Waals surface area contributed by atoms with Gasteiger partial charge in [0.05, 0.1) is 0 Å². The lowest BCUT2D eigenvalue weighted by Crippen LogP contribution is -2.21. The van der Waals surface area contributed by atoms with Gasteiger partial charge in [0.25, 0.3) is 0 Å². The summed E-state index contributed by atoms with van der Waals surface area (Å²) in [6.07, 6.45) is 0.909. The van der Waals surface area contributed by atoms with E-state index in [0.717, 1.165) is 12.1 Å². The average molecular weight is 294 g/mol. The average Bonchev–Trinajstić information content (AvgIpc) is 2.83. The van der Waals surface area contributed by atoms with Crippen molar-refractivity contribution in [3.63, 3.8) is 0 Å². The van der Waals surface area contributed by atoms with Crippen molar-refractivity contribution in [2.45, 2.75) is 19.4 Å². The molecule has 0 spiro atoms. The molecule has 0 saturated carbocycles. The Morgan fingerprint density at radius 3 is 2.89 bits per heavy atom. The third kappa shape index (κ3) is 3.75. The van der Waals surface area contributed by atoms with E-state index in [0.29, 0.717) is 5.56 Å². The molecule has 0 aliphatic rings.